The summed E-state index contributed by atoms with van der Waals surface area (Å²) in [5.41, 5.74) is 2.23. The van der Waals surface area contributed by atoms with Gasteiger partial charge in [-0.3, -0.25) is 9.59 Å². The monoisotopic (exact) mass is 463 g/mol. The molecule has 172 valence electrons. The zero-order valence-electron chi connectivity index (χ0n) is 18.1. The van der Waals surface area contributed by atoms with Gasteiger partial charge in [-0.05, 0) is 35.9 Å². The van der Waals surface area contributed by atoms with Crippen molar-refractivity contribution in [1.29, 1.82) is 0 Å². The summed E-state index contributed by atoms with van der Waals surface area (Å²) in [6.45, 7) is -4.22. The first-order chi connectivity index (χ1) is 16.3. The maximum atomic E-state index is 15.8. The molecule has 3 aliphatic rings. The third kappa shape index (κ3) is 3.81. The van der Waals surface area contributed by atoms with E-state index in [-0.39, 0.29) is 31.4 Å². The van der Waals surface area contributed by atoms with Gasteiger partial charge in [-0.2, -0.15) is 0 Å². The minimum absolute atomic E-state index is 0.0108. The van der Waals surface area contributed by atoms with Crippen LogP contribution in [0.5, 0.6) is 0 Å². The average Bonchev–Trinajstić information content (AvgIpc) is 3.51. The van der Waals surface area contributed by atoms with Crippen molar-refractivity contribution in [2.45, 2.75) is 25.7 Å². The lowest BCUT2D eigenvalue weighted by Crippen LogP contribution is -2.50. The molecule has 34 heavy (non-hydrogen) atoms. The molecule has 3 aliphatic heterocycles. The highest BCUT2D eigenvalue weighted by atomic mass is 19.2. The zero-order valence-corrected chi connectivity index (χ0v) is 18.1. The van der Waals surface area contributed by atoms with Gasteiger partial charge >= 0.3 is 12.9 Å². The van der Waals surface area contributed by atoms with Crippen LogP contribution in [0.2, 0.25) is 0 Å². The second-order valence-corrected chi connectivity index (χ2v) is 8.19. The Kier molecular flexibility index (Phi) is 5.35. The molecule has 0 saturated carbocycles. The quantitative estimate of drug-likeness (QED) is 0.487. The van der Waals surface area contributed by atoms with E-state index in [4.69, 9.17) is 4.84 Å². The Bertz CT molecular complexity index is 1310. The van der Waals surface area contributed by atoms with Gasteiger partial charge in [0.2, 0.25) is 0 Å². The number of hydrogen-bond acceptors (Lipinski definition) is 4. The highest BCUT2D eigenvalue weighted by Gasteiger charge is 2.52. The molecule has 1 aromatic carbocycles. The van der Waals surface area contributed by atoms with E-state index in [0.717, 1.165) is 14.5 Å². The molecule has 0 atom stereocenters. The Morgan fingerprint density at radius 2 is 1.76 bits per heavy atom. The summed E-state index contributed by atoms with van der Waals surface area (Å²) in [5.74, 6) is -2.00. The summed E-state index contributed by atoms with van der Waals surface area (Å²) in [6.07, 6.45) is 8.08. The molecule has 0 radical (unpaired) electrons. The van der Waals surface area contributed by atoms with Crippen LogP contribution in [0.1, 0.15) is 36.2 Å². The number of carbonyl (C=O) groups is 3. The Morgan fingerprint density at radius 1 is 1.03 bits per heavy atom. The number of rotatable bonds is 6. The first-order valence-electron chi connectivity index (χ1n) is 10.9. The van der Waals surface area contributed by atoms with Crippen LogP contribution in [0.25, 0.3) is 12.2 Å². The van der Waals surface area contributed by atoms with Crippen molar-refractivity contribution in [2.75, 3.05) is 0 Å². The highest BCUT2D eigenvalue weighted by Crippen LogP contribution is 2.33. The molecule has 4 heterocycles. The first-order valence-corrected chi connectivity index (χ1v) is 10.9. The van der Waals surface area contributed by atoms with Crippen LogP contribution < -0.4 is 0 Å². The zero-order chi connectivity index (χ0) is 23.9. The van der Waals surface area contributed by atoms with E-state index in [1.807, 2.05) is 30.3 Å². The van der Waals surface area contributed by atoms with E-state index < -0.39 is 24.8 Å². The lowest BCUT2D eigenvalue weighted by atomic mass is 9.90. The predicted octanol–water partition coefficient (Wildman–Crippen LogP) is 3.34. The Labute approximate surface area is 193 Å². The largest absolute Gasteiger partial charge is 0.737 e. The summed E-state index contributed by atoms with van der Waals surface area (Å²) < 4.78 is 33.5. The third-order valence-corrected chi connectivity index (χ3v) is 5.96. The maximum Gasteiger partial charge on any atom is 0.737 e. The second-order valence-electron chi connectivity index (χ2n) is 8.19. The molecule has 10 heteroatoms. The summed E-state index contributed by atoms with van der Waals surface area (Å²) in [6, 6.07) is 12.5. The standard InChI is InChI=1S/C24H20BF2N3O4/c26-25(27)28-18(7-6-17-4-2-1-3-5-17)8-10-20(28)16-21-11-9-19(29(21)25)12-15-24(33)34-30-22(31)13-14-23(30)32/h1-11,16H,12-15H2/b7-6+. The molecule has 1 saturated heterocycles. The number of benzene rings is 1. The van der Waals surface area contributed by atoms with Crippen LogP contribution in [0.4, 0.5) is 8.63 Å². The van der Waals surface area contributed by atoms with Crippen molar-refractivity contribution in [3.05, 3.63) is 83.3 Å². The summed E-state index contributed by atoms with van der Waals surface area (Å²) >= 11 is 0. The van der Waals surface area contributed by atoms with Crippen LogP contribution in [0, 0.1) is 0 Å². The van der Waals surface area contributed by atoms with Crippen molar-refractivity contribution >= 4 is 42.6 Å². The Morgan fingerprint density at radius 3 is 2.50 bits per heavy atom. The lowest BCUT2D eigenvalue weighted by Gasteiger charge is -2.30. The molecule has 0 aliphatic carbocycles. The van der Waals surface area contributed by atoms with Crippen LogP contribution in [-0.4, -0.2) is 44.5 Å². The molecule has 7 nitrogen and oxygen atoms in total. The normalized spacial score (nSPS) is 18.5. The number of hydroxylamine groups is 2. The maximum absolute atomic E-state index is 15.8. The topological polar surface area (TPSA) is 71.6 Å². The van der Waals surface area contributed by atoms with Crippen molar-refractivity contribution in [2.24, 2.45) is 0 Å². The first kappa shape index (κ1) is 21.8. The van der Waals surface area contributed by atoms with Crippen LogP contribution in [-0.2, 0) is 25.6 Å². The van der Waals surface area contributed by atoms with E-state index in [2.05, 4.69) is 0 Å². The van der Waals surface area contributed by atoms with E-state index >= 15 is 8.63 Å². The number of hydrogen-bond donors (Lipinski definition) is 0. The van der Waals surface area contributed by atoms with Crippen molar-refractivity contribution in [3.63, 3.8) is 0 Å². The van der Waals surface area contributed by atoms with Gasteiger partial charge in [0.15, 0.2) is 11.4 Å². The van der Waals surface area contributed by atoms with E-state index in [1.54, 1.807) is 42.5 Å². The SMILES string of the molecule is O=C(CCc1ccc2n1[B-](F)(F)[N+]1=C(/C=C/c3ccccc3)C=CC1=C2)ON1C(=O)CCC1=O. The van der Waals surface area contributed by atoms with Crippen molar-refractivity contribution in [3.8, 4) is 0 Å². The molecule has 0 unspecified atom stereocenters. The van der Waals surface area contributed by atoms with Gasteiger partial charge < -0.3 is 22.4 Å². The fourth-order valence-electron chi connectivity index (χ4n) is 4.35. The van der Waals surface area contributed by atoms with Gasteiger partial charge in [0.05, 0.1) is 6.42 Å². The third-order valence-electron chi connectivity index (χ3n) is 5.96. The highest BCUT2D eigenvalue weighted by molar-refractivity contribution is 6.58. The molecule has 2 aromatic rings. The number of aromatic nitrogens is 1. The molecular formula is C24H20BF2N3O4. The number of halogens is 2. The van der Waals surface area contributed by atoms with Gasteiger partial charge in [-0.1, -0.05) is 30.3 Å². The smallest absolute Gasteiger partial charge is 0.394 e. The Balaban J connectivity index is 1.37. The van der Waals surface area contributed by atoms with Gasteiger partial charge in [0.25, 0.3) is 11.8 Å². The van der Waals surface area contributed by atoms with Crippen molar-refractivity contribution < 1.29 is 32.3 Å². The number of carbonyl (C=O) groups excluding carboxylic acids is 3. The van der Waals surface area contributed by atoms with Crippen LogP contribution in [0.3, 0.4) is 0 Å². The van der Waals surface area contributed by atoms with Crippen LogP contribution in [0.15, 0.2) is 66.4 Å². The number of aryl methyl sites for hydroxylation is 1. The molecule has 0 bridgehead atoms. The predicted molar refractivity (Wildman–Crippen MR) is 121 cm³/mol. The molecule has 2 amide bonds. The van der Waals surface area contributed by atoms with E-state index in [0.29, 0.717) is 22.2 Å². The molecule has 0 spiro atoms. The minimum atomic E-state index is -4.22. The Hall–Kier alpha value is -4.08. The van der Waals surface area contributed by atoms with Gasteiger partial charge in [-0.15, -0.1) is 5.06 Å². The van der Waals surface area contributed by atoms with E-state index in [9.17, 15) is 14.4 Å². The van der Waals surface area contributed by atoms with Gasteiger partial charge in [0.1, 0.15) is 0 Å². The number of nitrogens with zero attached hydrogens (tertiary/aromatic N) is 3. The average molecular weight is 463 g/mol. The minimum Gasteiger partial charge on any atom is -0.394 e. The second kappa shape index (κ2) is 8.37. The summed E-state index contributed by atoms with van der Waals surface area (Å²) in [5, 5.41) is 0.458. The molecule has 1 aromatic heterocycles. The lowest BCUT2D eigenvalue weighted by molar-refractivity contribution is -0.360. The number of fused-ring (bicyclic) bond motifs is 2. The summed E-state index contributed by atoms with van der Waals surface area (Å²) in [7, 11) is 0. The molecule has 0 N–H and O–H groups in total. The molecule has 5 rings (SSSR count). The summed E-state index contributed by atoms with van der Waals surface area (Å²) in [4.78, 5) is 40.2. The fraction of sp³-hybridized carbons (Fsp3) is 0.167. The van der Waals surface area contributed by atoms with Gasteiger partial charge in [-0.25, -0.2) is 4.79 Å². The number of imide groups is 1. The fourth-order valence-corrected chi connectivity index (χ4v) is 4.35. The molecule has 1 fully saturated rings. The van der Waals surface area contributed by atoms with Gasteiger partial charge in [0, 0.05) is 42.8 Å². The van der Waals surface area contributed by atoms with Crippen LogP contribution >= 0.6 is 0 Å². The number of amides is 2. The van der Waals surface area contributed by atoms with Crippen molar-refractivity contribution in [1.82, 2.24) is 9.54 Å². The molecular weight excluding hydrogens is 443 g/mol. The number of allylic oxidation sites excluding steroid dienone is 3. The van der Waals surface area contributed by atoms with E-state index in [1.165, 1.54) is 0 Å².